The van der Waals surface area contributed by atoms with Gasteiger partial charge in [-0.3, -0.25) is 4.79 Å². The maximum Gasteiger partial charge on any atom is 0.233 e. The molecule has 18 heavy (non-hydrogen) atoms. The SMILES string of the molecule is Cc1ccc(C2SCC(=O)N2CCSCCO)s1. The van der Waals surface area contributed by atoms with Crippen molar-refractivity contribution >= 4 is 40.8 Å². The number of carbonyl (C=O) groups excluding carboxylic acids is 1. The Hall–Kier alpha value is -0.170. The summed E-state index contributed by atoms with van der Waals surface area (Å²) in [5.74, 6) is 2.47. The van der Waals surface area contributed by atoms with E-state index in [2.05, 4.69) is 19.1 Å². The number of nitrogens with zero attached hydrogens (tertiary/aromatic N) is 1. The van der Waals surface area contributed by atoms with Gasteiger partial charge in [0.25, 0.3) is 0 Å². The number of thiophene rings is 1. The summed E-state index contributed by atoms with van der Waals surface area (Å²) in [6, 6.07) is 4.24. The summed E-state index contributed by atoms with van der Waals surface area (Å²) in [6.07, 6.45) is 0. The number of aliphatic hydroxyl groups is 1. The third-order valence-electron chi connectivity index (χ3n) is 2.68. The van der Waals surface area contributed by atoms with Crippen molar-refractivity contribution in [1.29, 1.82) is 0 Å². The number of carbonyl (C=O) groups is 1. The van der Waals surface area contributed by atoms with Gasteiger partial charge in [-0.05, 0) is 19.1 Å². The highest BCUT2D eigenvalue weighted by Gasteiger charge is 2.33. The van der Waals surface area contributed by atoms with Gasteiger partial charge in [0.2, 0.25) is 5.91 Å². The number of hydrogen-bond acceptors (Lipinski definition) is 5. The number of hydrogen-bond donors (Lipinski definition) is 1. The molecule has 1 atom stereocenters. The number of aryl methyl sites for hydroxylation is 1. The van der Waals surface area contributed by atoms with Gasteiger partial charge in [-0.15, -0.1) is 23.1 Å². The zero-order valence-electron chi connectivity index (χ0n) is 10.3. The van der Waals surface area contributed by atoms with E-state index in [0.717, 1.165) is 18.1 Å². The molecule has 0 saturated carbocycles. The van der Waals surface area contributed by atoms with E-state index >= 15 is 0 Å². The van der Waals surface area contributed by atoms with Gasteiger partial charge in [-0.1, -0.05) is 0 Å². The first-order valence-electron chi connectivity index (χ1n) is 5.88. The van der Waals surface area contributed by atoms with Crippen molar-refractivity contribution in [3.63, 3.8) is 0 Å². The predicted octanol–water partition coefficient (Wildman–Crippen LogP) is 2.36. The van der Waals surface area contributed by atoms with Crippen molar-refractivity contribution in [1.82, 2.24) is 4.90 Å². The monoisotopic (exact) mass is 303 g/mol. The van der Waals surface area contributed by atoms with Crippen LogP contribution in [0.3, 0.4) is 0 Å². The molecule has 1 aliphatic heterocycles. The molecule has 1 unspecified atom stereocenters. The fraction of sp³-hybridized carbons (Fsp3) is 0.583. The highest BCUT2D eigenvalue weighted by molar-refractivity contribution is 8.00. The van der Waals surface area contributed by atoms with Crippen LogP contribution in [0.5, 0.6) is 0 Å². The lowest BCUT2D eigenvalue weighted by molar-refractivity contribution is -0.127. The minimum atomic E-state index is 0.200. The highest BCUT2D eigenvalue weighted by Crippen LogP contribution is 2.41. The Morgan fingerprint density at radius 1 is 1.50 bits per heavy atom. The maximum absolute atomic E-state index is 11.9. The van der Waals surface area contributed by atoms with Crippen molar-refractivity contribution in [2.45, 2.75) is 12.3 Å². The number of amides is 1. The van der Waals surface area contributed by atoms with Gasteiger partial charge >= 0.3 is 0 Å². The second-order valence-electron chi connectivity index (χ2n) is 4.03. The summed E-state index contributed by atoms with van der Waals surface area (Å²) < 4.78 is 0. The van der Waals surface area contributed by atoms with Gasteiger partial charge in [-0.25, -0.2) is 0 Å². The van der Waals surface area contributed by atoms with Crippen LogP contribution in [-0.2, 0) is 4.79 Å². The van der Waals surface area contributed by atoms with Crippen LogP contribution >= 0.6 is 34.9 Å². The Bertz CT molecular complexity index is 408. The Kier molecular flexibility index (Phi) is 5.41. The van der Waals surface area contributed by atoms with E-state index in [9.17, 15) is 4.79 Å². The average molecular weight is 303 g/mol. The van der Waals surface area contributed by atoms with Gasteiger partial charge in [0, 0.05) is 27.8 Å². The third-order valence-corrected chi connectivity index (χ3v) is 6.07. The second kappa shape index (κ2) is 6.84. The number of rotatable bonds is 6. The molecule has 2 rings (SSSR count). The molecule has 1 aliphatic rings. The van der Waals surface area contributed by atoms with Crippen LogP contribution in [-0.4, -0.2) is 46.3 Å². The Morgan fingerprint density at radius 2 is 2.33 bits per heavy atom. The van der Waals surface area contributed by atoms with Crippen molar-refractivity contribution < 1.29 is 9.90 Å². The second-order valence-corrected chi connectivity index (χ2v) is 7.65. The van der Waals surface area contributed by atoms with E-state index in [4.69, 9.17) is 5.11 Å². The van der Waals surface area contributed by atoms with Crippen LogP contribution in [0.2, 0.25) is 0 Å². The molecule has 0 aliphatic carbocycles. The summed E-state index contributed by atoms with van der Waals surface area (Å²) in [6.45, 7) is 3.08. The van der Waals surface area contributed by atoms with Gasteiger partial charge in [0.1, 0.15) is 5.37 Å². The largest absolute Gasteiger partial charge is 0.396 e. The molecule has 100 valence electrons. The summed E-state index contributed by atoms with van der Waals surface area (Å²) >= 11 is 5.18. The van der Waals surface area contributed by atoms with Crippen LogP contribution in [0.4, 0.5) is 0 Å². The molecule has 3 nitrogen and oxygen atoms in total. The zero-order valence-corrected chi connectivity index (χ0v) is 12.7. The molecular formula is C12H17NO2S3. The summed E-state index contributed by atoms with van der Waals surface area (Å²) in [5, 5.41) is 8.94. The summed E-state index contributed by atoms with van der Waals surface area (Å²) in [5.41, 5.74) is 0. The molecule has 1 aromatic heterocycles. The average Bonchev–Trinajstić information content (AvgIpc) is 2.92. The normalized spacial score (nSPS) is 19.8. The lowest BCUT2D eigenvalue weighted by atomic mass is 10.4. The van der Waals surface area contributed by atoms with Crippen molar-refractivity contribution in [3.8, 4) is 0 Å². The third kappa shape index (κ3) is 3.44. The fourth-order valence-corrected chi connectivity index (χ4v) is 4.84. The van der Waals surface area contributed by atoms with Crippen LogP contribution < -0.4 is 0 Å². The standard InChI is InChI=1S/C12H17NO2S3/c1-9-2-3-10(18-9)12-13(11(15)8-17-12)4-6-16-7-5-14/h2-3,12,14H,4-8H2,1H3. The Labute approximate surface area is 120 Å². The molecule has 0 bridgehead atoms. The molecule has 1 fully saturated rings. The smallest absolute Gasteiger partial charge is 0.233 e. The molecule has 1 amide bonds. The lowest BCUT2D eigenvalue weighted by Gasteiger charge is -2.22. The number of thioether (sulfide) groups is 2. The first-order valence-corrected chi connectivity index (χ1v) is 8.90. The quantitative estimate of drug-likeness (QED) is 0.819. The molecule has 0 aromatic carbocycles. The molecule has 2 heterocycles. The molecule has 1 N–H and O–H groups in total. The predicted molar refractivity (Wildman–Crippen MR) is 80.4 cm³/mol. The first-order chi connectivity index (χ1) is 8.72. The molecule has 6 heteroatoms. The minimum Gasteiger partial charge on any atom is -0.396 e. The van der Waals surface area contributed by atoms with Crippen LogP contribution in [0.15, 0.2) is 12.1 Å². The maximum atomic E-state index is 11.9. The topological polar surface area (TPSA) is 40.5 Å². The summed E-state index contributed by atoms with van der Waals surface area (Å²) in [7, 11) is 0. The van der Waals surface area contributed by atoms with E-state index in [1.54, 1.807) is 34.9 Å². The van der Waals surface area contributed by atoms with Crippen LogP contribution in [0.1, 0.15) is 15.1 Å². The Morgan fingerprint density at radius 3 is 3.00 bits per heavy atom. The van der Waals surface area contributed by atoms with E-state index in [1.807, 2.05) is 4.90 Å². The lowest BCUT2D eigenvalue weighted by Crippen LogP contribution is -2.30. The molecule has 0 spiro atoms. The first kappa shape index (κ1) is 14.2. The minimum absolute atomic E-state index is 0.200. The number of aliphatic hydroxyl groups excluding tert-OH is 1. The van der Waals surface area contributed by atoms with E-state index < -0.39 is 0 Å². The van der Waals surface area contributed by atoms with Gasteiger partial charge in [0.05, 0.1) is 12.4 Å². The van der Waals surface area contributed by atoms with Crippen molar-refractivity contribution in [2.75, 3.05) is 30.4 Å². The van der Waals surface area contributed by atoms with E-state index in [-0.39, 0.29) is 17.9 Å². The van der Waals surface area contributed by atoms with Gasteiger partial charge in [0.15, 0.2) is 0 Å². The van der Waals surface area contributed by atoms with E-state index in [1.165, 1.54) is 9.75 Å². The van der Waals surface area contributed by atoms with E-state index in [0.29, 0.717) is 5.75 Å². The summed E-state index contributed by atoms with van der Waals surface area (Å²) in [4.78, 5) is 16.4. The van der Waals surface area contributed by atoms with Crippen molar-refractivity contribution in [2.24, 2.45) is 0 Å². The molecule has 1 saturated heterocycles. The molecule has 0 radical (unpaired) electrons. The fourth-order valence-electron chi connectivity index (χ4n) is 1.85. The highest BCUT2D eigenvalue weighted by atomic mass is 32.2. The van der Waals surface area contributed by atoms with Gasteiger partial charge < -0.3 is 10.0 Å². The zero-order chi connectivity index (χ0) is 13.0. The van der Waals surface area contributed by atoms with Crippen molar-refractivity contribution in [3.05, 3.63) is 21.9 Å². The van der Waals surface area contributed by atoms with Crippen LogP contribution in [0.25, 0.3) is 0 Å². The Balaban J connectivity index is 1.95. The molecule has 1 aromatic rings. The van der Waals surface area contributed by atoms with Gasteiger partial charge in [-0.2, -0.15) is 11.8 Å². The molecular weight excluding hydrogens is 286 g/mol. The van der Waals surface area contributed by atoms with Crippen LogP contribution in [0, 0.1) is 6.92 Å².